The van der Waals surface area contributed by atoms with Gasteiger partial charge in [0.15, 0.2) is 0 Å². The Morgan fingerprint density at radius 2 is 2.08 bits per heavy atom. The first-order valence-electron chi connectivity index (χ1n) is 8.76. The third-order valence-corrected chi connectivity index (χ3v) is 5.37. The molecule has 2 heterocycles. The van der Waals surface area contributed by atoms with Crippen molar-refractivity contribution >= 4 is 23.6 Å². The molecule has 0 saturated carbocycles. The summed E-state index contributed by atoms with van der Waals surface area (Å²) in [5.41, 5.74) is 2.08. The summed E-state index contributed by atoms with van der Waals surface area (Å²) in [5.74, 6) is 0.527. The Labute approximate surface area is 158 Å². The number of amides is 2. The van der Waals surface area contributed by atoms with Gasteiger partial charge in [-0.15, -0.1) is 11.8 Å². The number of thioether (sulfide) groups is 1. The van der Waals surface area contributed by atoms with Crippen LogP contribution < -0.4 is 5.32 Å². The first-order chi connectivity index (χ1) is 12.6. The number of hydrogen-bond donors (Lipinski definition) is 1. The van der Waals surface area contributed by atoms with Crippen molar-refractivity contribution in [3.8, 4) is 0 Å². The summed E-state index contributed by atoms with van der Waals surface area (Å²) in [7, 11) is 0. The van der Waals surface area contributed by atoms with Crippen LogP contribution in [-0.4, -0.2) is 40.5 Å². The topological polar surface area (TPSA) is 62.3 Å². The predicted molar refractivity (Wildman–Crippen MR) is 103 cm³/mol. The highest BCUT2D eigenvalue weighted by Crippen LogP contribution is 2.20. The van der Waals surface area contributed by atoms with E-state index >= 15 is 0 Å². The van der Waals surface area contributed by atoms with Crippen molar-refractivity contribution in [3.05, 3.63) is 59.9 Å². The lowest BCUT2D eigenvalue weighted by atomic mass is 10.1. The largest absolute Gasteiger partial charge is 0.355 e. The lowest BCUT2D eigenvalue weighted by Crippen LogP contribution is -2.34. The Hall–Kier alpha value is -2.34. The van der Waals surface area contributed by atoms with Crippen LogP contribution in [0.4, 0.5) is 0 Å². The second-order valence-electron chi connectivity index (χ2n) is 6.45. The van der Waals surface area contributed by atoms with E-state index in [1.54, 1.807) is 22.9 Å². The van der Waals surface area contributed by atoms with Gasteiger partial charge in [0.05, 0.1) is 18.2 Å². The zero-order valence-corrected chi connectivity index (χ0v) is 15.7. The number of aryl methyl sites for hydroxylation is 1. The van der Waals surface area contributed by atoms with Gasteiger partial charge in [-0.2, -0.15) is 0 Å². The molecule has 1 aromatic heterocycles. The Bertz CT molecular complexity index is 749. The van der Waals surface area contributed by atoms with Crippen LogP contribution in [0.2, 0.25) is 0 Å². The van der Waals surface area contributed by atoms with Crippen molar-refractivity contribution in [1.29, 1.82) is 0 Å². The van der Waals surface area contributed by atoms with Crippen molar-refractivity contribution in [2.75, 3.05) is 18.8 Å². The Kier molecular flexibility index (Phi) is 6.28. The van der Waals surface area contributed by atoms with Crippen molar-refractivity contribution in [1.82, 2.24) is 15.2 Å². The molecule has 136 valence electrons. The molecule has 3 rings (SSSR count). The standard InChI is InChI=1S/C20H23N3O2S/c1-15-5-7-18(8-6-15)26-11-10-22-20(25)16-12-19(24)23(13-16)14-17-4-2-3-9-21-17/h2-9,16H,10-14H2,1H3,(H,22,25)/t16-/m1/s1. The summed E-state index contributed by atoms with van der Waals surface area (Å²) >= 11 is 1.72. The minimum Gasteiger partial charge on any atom is -0.355 e. The number of aromatic nitrogens is 1. The lowest BCUT2D eigenvalue weighted by Gasteiger charge is -2.16. The molecule has 1 aliphatic rings. The van der Waals surface area contributed by atoms with Crippen LogP contribution in [0.15, 0.2) is 53.6 Å². The quantitative estimate of drug-likeness (QED) is 0.602. The molecule has 6 heteroatoms. The fourth-order valence-corrected chi connectivity index (χ4v) is 3.68. The van der Waals surface area contributed by atoms with Crippen molar-refractivity contribution in [3.63, 3.8) is 0 Å². The molecule has 1 fully saturated rings. The molecule has 1 atom stereocenters. The third-order valence-electron chi connectivity index (χ3n) is 4.36. The second-order valence-corrected chi connectivity index (χ2v) is 7.62. The van der Waals surface area contributed by atoms with E-state index in [9.17, 15) is 9.59 Å². The molecule has 2 amide bonds. The average Bonchev–Trinajstić information content (AvgIpc) is 3.01. The smallest absolute Gasteiger partial charge is 0.225 e. The van der Waals surface area contributed by atoms with Gasteiger partial charge in [-0.3, -0.25) is 14.6 Å². The molecule has 5 nitrogen and oxygen atoms in total. The van der Waals surface area contributed by atoms with E-state index in [2.05, 4.69) is 41.5 Å². The second kappa shape index (κ2) is 8.85. The summed E-state index contributed by atoms with van der Waals surface area (Å²) in [6.45, 7) is 3.59. The molecule has 0 unspecified atom stereocenters. The third kappa shape index (κ3) is 5.08. The van der Waals surface area contributed by atoms with Gasteiger partial charge in [0.1, 0.15) is 0 Å². The molecule has 26 heavy (non-hydrogen) atoms. The van der Waals surface area contributed by atoms with E-state index in [1.165, 1.54) is 10.5 Å². The number of rotatable bonds is 7. The summed E-state index contributed by atoms with van der Waals surface area (Å²) < 4.78 is 0. The molecular weight excluding hydrogens is 346 g/mol. The summed E-state index contributed by atoms with van der Waals surface area (Å²) in [6, 6.07) is 14.0. The zero-order chi connectivity index (χ0) is 18.4. The summed E-state index contributed by atoms with van der Waals surface area (Å²) in [4.78, 5) is 31.6. The molecule has 0 aliphatic carbocycles. The van der Waals surface area contributed by atoms with E-state index in [1.807, 2.05) is 18.2 Å². The number of carbonyl (C=O) groups is 2. The van der Waals surface area contributed by atoms with Crippen molar-refractivity contribution in [2.24, 2.45) is 5.92 Å². The van der Waals surface area contributed by atoms with Gasteiger partial charge in [-0.05, 0) is 31.2 Å². The minimum atomic E-state index is -0.268. The van der Waals surface area contributed by atoms with E-state index in [4.69, 9.17) is 0 Å². The van der Waals surface area contributed by atoms with Gasteiger partial charge < -0.3 is 10.2 Å². The van der Waals surface area contributed by atoms with Crippen LogP contribution in [0.25, 0.3) is 0 Å². The normalized spacial score (nSPS) is 16.7. The number of pyridine rings is 1. The molecular formula is C20H23N3O2S. The molecule has 1 N–H and O–H groups in total. The fourth-order valence-electron chi connectivity index (χ4n) is 2.91. The van der Waals surface area contributed by atoms with Gasteiger partial charge in [-0.1, -0.05) is 23.8 Å². The van der Waals surface area contributed by atoms with Crippen LogP contribution >= 0.6 is 11.8 Å². The monoisotopic (exact) mass is 369 g/mol. The van der Waals surface area contributed by atoms with E-state index in [0.717, 1.165) is 11.4 Å². The maximum Gasteiger partial charge on any atom is 0.225 e. The van der Waals surface area contributed by atoms with E-state index < -0.39 is 0 Å². The van der Waals surface area contributed by atoms with Gasteiger partial charge in [-0.25, -0.2) is 0 Å². The Balaban J connectivity index is 1.41. The van der Waals surface area contributed by atoms with Crippen LogP contribution in [0, 0.1) is 12.8 Å². The average molecular weight is 369 g/mol. The highest BCUT2D eigenvalue weighted by Gasteiger charge is 2.34. The van der Waals surface area contributed by atoms with E-state index in [-0.39, 0.29) is 24.2 Å². The van der Waals surface area contributed by atoms with Crippen LogP contribution in [0.1, 0.15) is 17.7 Å². The maximum atomic E-state index is 12.3. The number of nitrogens with zero attached hydrogens (tertiary/aromatic N) is 2. The SMILES string of the molecule is Cc1ccc(SCCNC(=O)[C@@H]2CC(=O)N(Cc3ccccn3)C2)cc1. The Morgan fingerprint density at radius 1 is 1.27 bits per heavy atom. The number of benzene rings is 1. The van der Waals surface area contributed by atoms with Crippen molar-refractivity contribution in [2.45, 2.75) is 24.8 Å². The first-order valence-corrected chi connectivity index (χ1v) is 9.75. The molecule has 1 aromatic carbocycles. The highest BCUT2D eigenvalue weighted by molar-refractivity contribution is 7.99. The number of likely N-dealkylation sites (tertiary alicyclic amines) is 1. The zero-order valence-electron chi connectivity index (χ0n) is 14.9. The van der Waals surface area contributed by atoms with Gasteiger partial charge in [0.25, 0.3) is 0 Å². The minimum absolute atomic E-state index is 0.0184. The van der Waals surface area contributed by atoms with Crippen molar-refractivity contribution < 1.29 is 9.59 Å². The highest BCUT2D eigenvalue weighted by atomic mass is 32.2. The molecule has 0 bridgehead atoms. The lowest BCUT2D eigenvalue weighted by molar-refractivity contribution is -0.129. The summed E-state index contributed by atoms with van der Waals surface area (Å²) in [6.07, 6.45) is 2.00. The fraction of sp³-hybridized carbons (Fsp3) is 0.350. The van der Waals surface area contributed by atoms with Crippen LogP contribution in [-0.2, 0) is 16.1 Å². The van der Waals surface area contributed by atoms with Gasteiger partial charge in [0.2, 0.25) is 11.8 Å². The number of hydrogen-bond acceptors (Lipinski definition) is 4. The maximum absolute atomic E-state index is 12.3. The molecule has 0 spiro atoms. The molecule has 2 aromatic rings. The number of carbonyl (C=O) groups excluding carboxylic acids is 2. The number of nitrogens with one attached hydrogen (secondary N) is 1. The predicted octanol–water partition coefficient (Wildman–Crippen LogP) is 2.65. The summed E-state index contributed by atoms with van der Waals surface area (Å²) in [5, 5.41) is 2.96. The first kappa shape index (κ1) is 18.5. The van der Waals surface area contributed by atoms with Gasteiger partial charge >= 0.3 is 0 Å². The molecule has 1 aliphatic heterocycles. The van der Waals surface area contributed by atoms with E-state index in [0.29, 0.717) is 19.6 Å². The molecule has 0 radical (unpaired) electrons. The van der Waals surface area contributed by atoms with Crippen LogP contribution in [0.3, 0.4) is 0 Å². The Morgan fingerprint density at radius 3 is 2.81 bits per heavy atom. The molecule has 1 saturated heterocycles. The van der Waals surface area contributed by atoms with Crippen LogP contribution in [0.5, 0.6) is 0 Å². The van der Waals surface area contributed by atoms with Gasteiger partial charge in [0, 0.05) is 36.4 Å².